The van der Waals surface area contributed by atoms with Crippen LogP contribution in [0.1, 0.15) is 0 Å². The summed E-state index contributed by atoms with van der Waals surface area (Å²) in [6.45, 7) is 0. The minimum absolute atomic E-state index is 0.0798. The van der Waals surface area contributed by atoms with Gasteiger partial charge in [0.05, 0.1) is 0 Å². The van der Waals surface area contributed by atoms with Crippen LogP contribution in [0.25, 0.3) is 21.5 Å². The maximum atomic E-state index is 11.2. The molecule has 0 amide bonds. The molecule has 3 aromatic rings. The monoisotopic (exact) mass is 228 g/mol. The Morgan fingerprint density at radius 2 is 2.06 bits per heavy atom. The second-order valence-electron chi connectivity index (χ2n) is 3.46. The van der Waals surface area contributed by atoms with Crippen molar-refractivity contribution in [1.82, 2.24) is 9.97 Å². The van der Waals surface area contributed by atoms with Crippen LogP contribution in [0.15, 0.2) is 46.7 Å². The highest BCUT2D eigenvalue weighted by Gasteiger charge is 2.01. The van der Waals surface area contributed by atoms with E-state index in [4.69, 9.17) is 0 Å². The molecule has 78 valence electrons. The Labute approximate surface area is 95.4 Å². The first-order valence-electron chi connectivity index (χ1n) is 4.86. The van der Waals surface area contributed by atoms with Gasteiger partial charge >= 0.3 is 0 Å². The number of aromatic amines is 1. The molecule has 2 heterocycles. The van der Waals surface area contributed by atoms with Crippen LogP contribution < -0.4 is 5.56 Å². The van der Waals surface area contributed by atoms with Crippen LogP contribution in [0.5, 0.6) is 0 Å². The van der Waals surface area contributed by atoms with Crippen molar-refractivity contribution in [2.45, 2.75) is 0 Å². The van der Waals surface area contributed by atoms with Crippen molar-refractivity contribution < 1.29 is 0 Å². The fraction of sp³-hybridized carbons (Fsp3) is 0. The zero-order valence-electron chi connectivity index (χ0n) is 8.31. The van der Waals surface area contributed by atoms with Gasteiger partial charge in [0.25, 0.3) is 0 Å². The lowest BCUT2D eigenvalue weighted by atomic mass is 10.1. The van der Waals surface area contributed by atoms with Gasteiger partial charge in [-0.1, -0.05) is 12.1 Å². The summed E-state index contributed by atoms with van der Waals surface area (Å²) in [6.07, 6.45) is 1.78. The molecule has 16 heavy (non-hydrogen) atoms. The number of hydrogen-bond acceptors (Lipinski definition) is 3. The molecule has 1 aromatic carbocycles. The highest BCUT2D eigenvalue weighted by atomic mass is 32.1. The van der Waals surface area contributed by atoms with Crippen LogP contribution in [-0.2, 0) is 0 Å². The summed E-state index contributed by atoms with van der Waals surface area (Å²) in [5, 5.41) is 3.93. The second kappa shape index (κ2) is 3.57. The Kier molecular flexibility index (Phi) is 2.08. The third-order valence-electron chi connectivity index (χ3n) is 2.40. The number of thiazole rings is 1. The first-order chi connectivity index (χ1) is 7.83. The minimum Gasteiger partial charge on any atom is -0.322 e. The predicted molar refractivity (Wildman–Crippen MR) is 65.7 cm³/mol. The summed E-state index contributed by atoms with van der Waals surface area (Å²) < 4.78 is 0. The summed E-state index contributed by atoms with van der Waals surface area (Å²) in [5.74, 6) is 0. The fourth-order valence-corrected chi connectivity index (χ4v) is 2.28. The number of hydrogen-bond donors (Lipinski definition) is 1. The molecule has 0 bridgehead atoms. The predicted octanol–water partition coefficient (Wildman–Crippen LogP) is 2.65. The van der Waals surface area contributed by atoms with E-state index in [-0.39, 0.29) is 5.56 Å². The van der Waals surface area contributed by atoms with E-state index in [0.29, 0.717) is 0 Å². The molecule has 0 aliphatic carbocycles. The van der Waals surface area contributed by atoms with Crippen LogP contribution in [0, 0.1) is 0 Å². The molecular formula is C12H8N2OS. The van der Waals surface area contributed by atoms with Gasteiger partial charge in [-0.2, -0.15) is 0 Å². The Morgan fingerprint density at radius 3 is 2.88 bits per heavy atom. The molecule has 2 aromatic heterocycles. The maximum absolute atomic E-state index is 11.2. The first-order valence-corrected chi connectivity index (χ1v) is 5.74. The maximum Gasteiger partial charge on any atom is 0.248 e. The van der Waals surface area contributed by atoms with Crippen molar-refractivity contribution in [2.24, 2.45) is 0 Å². The molecule has 0 unspecified atom stereocenters. The Morgan fingerprint density at radius 1 is 1.19 bits per heavy atom. The van der Waals surface area contributed by atoms with Crippen molar-refractivity contribution in [1.29, 1.82) is 0 Å². The van der Waals surface area contributed by atoms with Gasteiger partial charge in [0.1, 0.15) is 5.01 Å². The van der Waals surface area contributed by atoms with E-state index in [2.05, 4.69) is 9.97 Å². The lowest BCUT2D eigenvalue weighted by Crippen LogP contribution is -2.02. The normalized spacial score (nSPS) is 10.8. The van der Waals surface area contributed by atoms with Gasteiger partial charge in [0.2, 0.25) is 5.56 Å². The number of aromatic nitrogens is 2. The third-order valence-corrected chi connectivity index (χ3v) is 3.23. The summed E-state index contributed by atoms with van der Waals surface area (Å²) in [7, 11) is 0. The van der Waals surface area contributed by atoms with E-state index in [9.17, 15) is 4.79 Å². The summed E-state index contributed by atoms with van der Waals surface area (Å²) in [4.78, 5) is 18.3. The number of nitrogens with one attached hydrogen (secondary N) is 1. The molecule has 0 atom stereocenters. The smallest absolute Gasteiger partial charge is 0.248 e. The van der Waals surface area contributed by atoms with Gasteiger partial charge in [0.15, 0.2) is 0 Å². The number of rotatable bonds is 1. The molecule has 0 spiro atoms. The molecular weight excluding hydrogens is 220 g/mol. The van der Waals surface area contributed by atoms with Gasteiger partial charge in [-0.3, -0.25) is 4.79 Å². The average molecular weight is 228 g/mol. The van der Waals surface area contributed by atoms with E-state index in [1.807, 2.05) is 29.6 Å². The zero-order chi connectivity index (χ0) is 11.0. The Hall–Kier alpha value is -1.94. The number of pyridine rings is 1. The third kappa shape index (κ3) is 1.53. The highest BCUT2D eigenvalue weighted by Crippen LogP contribution is 2.24. The average Bonchev–Trinajstić information content (AvgIpc) is 2.81. The molecule has 0 saturated carbocycles. The first kappa shape index (κ1) is 9.30. The van der Waals surface area contributed by atoms with E-state index >= 15 is 0 Å². The fourth-order valence-electron chi connectivity index (χ4n) is 1.65. The molecule has 0 saturated heterocycles. The van der Waals surface area contributed by atoms with E-state index in [1.54, 1.807) is 17.5 Å². The zero-order valence-corrected chi connectivity index (χ0v) is 9.12. The van der Waals surface area contributed by atoms with Gasteiger partial charge in [0, 0.05) is 28.7 Å². The number of nitrogens with zero attached hydrogens (tertiary/aromatic N) is 1. The largest absolute Gasteiger partial charge is 0.322 e. The highest BCUT2D eigenvalue weighted by molar-refractivity contribution is 7.13. The van der Waals surface area contributed by atoms with Gasteiger partial charge in [-0.05, 0) is 17.5 Å². The Bertz CT molecular complexity index is 686. The van der Waals surface area contributed by atoms with Crippen molar-refractivity contribution >= 4 is 22.2 Å². The van der Waals surface area contributed by atoms with Crippen molar-refractivity contribution in [3.05, 3.63) is 52.3 Å². The van der Waals surface area contributed by atoms with Crippen LogP contribution in [0.2, 0.25) is 0 Å². The van der Waals surface area contributed by atoms with E-state index in [0.717, 1.165) is 21.5 Å². The molecule has 0 fully saturated rings. The lowest BCUT2D eigenvalue weighted by Gasteiger charge is -2.00. The van der Waals surface area contributed by atoms with Gasteiger partial charge < -0.3 is 4.98 Å². The van der Waals surface area contributed by atoms with Crippen molar-refractivity contribution in [3.8, 4) is 10.6 Å². The second-order valence-corrected chi connectivity index (χ2v) is 4.36. The van der Waals surface area contributed by atoms with Gasteiger partial charge in [-0.25, -0.2) is 4.98 Å². The molecule has 3 nitrogen and oxygen atoms in total. The van der Waals surface area contributed by atoms with Gasteiger partial charge in [-0.15, -0.1) is 11.3 Å². The summed E-state index contributed by atoms with van der Waals surface area (Å²) in [5.41, 5.74) is 1.80. The van der Waals surface area contributed by atoms with Crippen LogP contribution >= 0.6 is 11.3 Å². The number of fused-ring (bicyclic) bond motifs is 1. The molecule has 0 aliphatic heterocycles. The van der Waals surface area contributed by atoms with Crippen molar-refractivity contribution in [3.63, 3.8) is 0 Å². The number of H-pyrrole nitrogens is 1. The molecule has 4 heteroatoms. The molecule has 3 rings (SSSR count). The van der Waals surface area contributed by atoms with Crippen LogP contribution in [0.3, 0.4) is 0 Å². The van der Waals surface area contributed by atoms with E-state index < -0.39 is 0 Å². The number of benzene rings is 1. The Balaban J connectivity index is 2.26. The summed E-state index contributed by atoms with van der Waals surface area (Å²) >= 11 is 1.59. The van der Waals surface area contributed by atoms with Crippen LogP contribution in [0.4, 0.5) is 0 Å². The molecule has 0 aliphatic rings. The topological polar surface area (TPSA) is 45.8 Å². The standard InChI is InChI=1S/C12H8N2OS/c15-11-4-3-8-1-2-9(7-10(8)14-11)12-13-5-6-16-12/h1-7H,(H,14,15). The molecule has 1 N–H and O–H groups in total. The van der Waals surface area contributed by atoms with Crippen LogP contribution in [-0.4, -0.2) is 9.97 Å². The summed E-state index contributed by atoms with van der Waals surface area (Å²) in [6, 6.07) is 9.31. The quantitative estimate of drug-likeness (QED) is 0.696. The lowest BCUT2D eigenvalue weighted by molar-refractivity contribution is 1.31. The van der Waals surface area contributed by atoms with E-state index in [1.165, 1.54) is 6.07 Å². The molecule has 0 radical (unpaired) electrons. The SMILES string of the molecule is O=c1ccc2ccc(-c3nccs3)cc2[nH]1. The minimum atomic E-state index is -0.0798. The van der Waals surface area contributed by atoms with Crippen molar-refractivity contribution in [2.75, 3.05) is 0 Å².